The Bertz CT molecular complexity index is 517. The Balaban J connectivity index is 2.43. The maximum absolute atomic E-state index is 11.6. The van der Waals surface area contributed by atoms with Crippen LogP contribution >= 0.6 is 0 Å². The number of rotatable bonds is 7. The Morgan fingerprint density at radius 1 is 1.19 bits per heavy atom. The van der Waals surface area contributed by atoms with Gasteiger partial charge in [0.1, 0.15) is 0 Å². The van der Waals surface area contributed by atoms with Gasteiger partial charge in [-0.25, -0.2) is 4.79 Å². The second kappa shape index (κ2) is 8.57. The van der Waals surface area contributed by atoms with E-state index >= 15 is 0 Å². The van der Waals surface area contributed by atoms with Gasteiger partial charge in [-0.15, -0.1) is 0 Å². The van der Waals surface area contributed by atoms with Crippen LogP contribution in [0.4, 0.5) is 10.5 Å². The molecule has 0 spiro atoms. The Kier molecular flexibility index (Phi) is 6.73. The van der Waals surface area contributed by atoms with Gasteiger partial charge in [0.05, 0.1) is 12.1 Å². The summed E-state index contributed by atoms with van der Waals surface area (Å²) in [7, 11) is 0. The molecule has 1 aromatic rings. The van der Waals surface area contributed by atoms with Crippen molar-refractivity contribution >= 4 is 23.5 Å². The third kappa shape index (κ3) is 5.94. The molecular formula is C14H20N4O3. The molecule has 0 radical (unpaired) electrons. The zero-order valence-corrected chi connectivity index (χ0v) is 11.9. The number of amides is 4. The first-order valence-corrected chi connectivity index (χ1v) is 6.75. The van der Waals surface area contributed by atoms with Crippen LogP contribution in [0.2, 0.25) is 0 Å². The Morgan fingerprint density at radius 3 is 2.57 bits per heavy atom. The molecular weight excluding hydrogens is 272 g/mol. The molecule has 5 N–H and O–H groups in total. The molecule has 1 aromatic carbocycles. The number of hydrogen-bond acceptors (Lipinski definition) is 4. The number of imide groups is 1. The van der Waals surface area contributed by atoms with Crippen molar-refractivity contribution in [1.29, 1.82) is 0 Å². The average Bonchev–Trinajstić information content (AvgIpc) is 2.45. The van der Waals surface area contributed by atoms with Gasteiger partial charge in [0.25, 0.3) is 5.91 Å². The fourth-order valence-corrected chi connectivity index (χ4v) is 1.62. The van der Waals surface area contributed by atoms with E-state index in [1.165, 1.54) is 0 Å². The molecule has 0 saturated carbocycles. The lowest BCUT2D eigenvalue weighted by Gasteiger charge is -2.10. The van der Waals surface area contributed by atoms with Gasteiger partial charge < -0.3 is 16.4 Å². The summed E-state index contributed by atoms with van der Waals surface area (Å²) in [4.78, 5) is 34.2. The van der Waals surface area contributed by atoms with Crippen molar-refractivity contribution in [2.75, 3.05) is 18.4 Å². The molecule has 0 atom stereocenters. The van der Waals surface area contributed by atoms with Gasteiger partial charge in [-0.2, -0.15) is 0 Å². The number of unbranched alkanes of at least 4 members (excludes halogenated alkanes) is 1. The number of nitrogens with two attached hydrogens (primary N) is 1. The second-order valence-electron chi connectivity index (χ2n) is 4.42. The third-order valence-electron chi connectivity index (χ3n) is 2.70. The molecule has 0 aliphatic heterocycles. The largest absolute Gasteiger partial charge is 0.375 e. The lowest BCUT2D eigenvalue weighted by molar-refractivity contribution is -0.118. The van der Waals surface area contributed by atoms with E-state index < -0.39 is 17.8 Å². The van der Waals surface area contributed by atoms with Crippen LogP contribution in [0.3, 0.4) is 0 Å². The van der Waals surface area contributed by atoms with Gasteiger partial charge in [-0.05, 0) is 18.6 Å². The molecule has 0 unspecified atom stereocenters. The number of carbonyl (C=O) groups is 3. The van der Waals surface area contributed by atoms with Crippen LogP contribution in [0.1, 0.15) is 30.1 Å². The topological polar surface area (TPSA) is 113 Å². The number of para-hydroxylation sites is 1. The molecule has 0 aromatic heterocycles. The molecule has 7 heteroatoms. The van der Waals surface area contributed by atoms with E-state index in [1.54, 1.807) is 24.3 Å². The third-order valence-corrected chi connectivity index (χ3v) is 2.70. The zero-order valence-electron chi connectivity index (χ0n) is 11.9. The van der Waals surface area contributed by atoms with Gasteiger partial charge in [-0.1, -0.05) is 25.5 Å². The summed E-state index contributed by atoms with van der Waals surface area (Å²) in [6.45, 7) is 2.39. The maximum atomic E-state index is 11.6. The summed E-state index contributed by atoms with van der Waals surface area (Å²) < 4.78 is 0. The van der Waals surface area contributed by atoms with Crippen molar-refractivity contribution in [1.82, 2.24) is 10.6 Å². The maximum Gasteiger partial charge on any atom is 0.321 e. The number of carbonyl (C=O) groups excluding carboxylic acids is 3. The van der Waals surface area contributed by atoms with Gasteiger partial charge >= 0.3 is 6.03 Å². The molecule has 1 rings (SSSR count). The van der Waals surface area contributed by atoms with Gasteiger partial charge in [0, 0.05) is 12.2 Å². The van der Waals surface area contributed by atoms with Crippen molar-refractivity contribution in [2.24, 2.45) is 5.73 Å². The van der Waals surface area contributed by atoms with Gasteiger partial charge in [0.15, 0.2) is 0 Å². The predicted molar refractivity (Wildman–Crippen MR) is 79.9 cm³/mol. The van der Waals surface area contributed by atoms with Gasteiger partial charge in [-0.3, -0.25) is 14.9 Å². The minimum Gasteiger partial charge on any atom is -0.375 e. The van der Waals surface area contributed by atoms with Crippen LogP contribution in [0.25, 0.3) is 0 Å². The van der Waals surface area contributed by atoms with E-state index in [9.17, 15) is 14.4 Å². The lowest BCUT2D eigenvalue weighted by atomic mass is 10.1. The van der Waals surface area contributed by atoms with Crippen molar-refractivity contribution in [3.05, 3.63) is 29.8 Å². The Morgan fingerprint density at radius 2 is 1.90 bits per heavy atom. The highest BCUT2D eigenvalue weighted by Crippen LogP contribution is 2.13. The first-order chi connectivity index (χ1) is 10.0. The summed E-state index contributed by atoms with van der Waals surface area (Å²) >= 11 is 0. The fourth-order valence-electron chi connectivity index (χ4n) is 1.62. The summed E-state index contributed by atoms with van der Waals surface area (Å²) in [5.74, 6) is -1.08. The number of nitrogens with one attached hydrogen (secondary N) is 3. The normalized spacial score (nSPS) is 9.76. The highest BCUT2D eigenvalue weighted by atomic mass is 16.2. The van der Waals surface area contributed by atoms with Crippen molar-refractivity contribution < 1.29 is 14.4 Å². The van der Waals surface area contributed by atoms with Gasteiger partial charge in [0.2, 0.25) is 5.91 Å². The highest BCUT2D eigenvalue weighted by molar-refractivity contribution is 6.00. The number of anilines is 1. The van der Waals surface area contributed by atoms with E-state index in [0.717, 1.165) is 12.8 Å². The Labute approximate surface area is 123 Å². The molecule has 0 aliphatic carbocycles. The zero-order chi connectivity index (χ0) is 15.7. The monoisotopic (exact) mass is 292 g/mol. The molecule has 7 nitrogen and oxygen atoms in total. The van der Waals surface area contributed by atoms with E-state index in [1.807, 2.05) is 6.92 Å². The Hall–Kier alpha value is -2.57. The minimum atomic E-state index is -0.587. The number of primary amides is 1. The first kappa shape index (κ1) is 16.5. The fraction of sp³-hybridized carbons (Fsp3) is 0.357. The molecule has 4 amide bonds. The van der Waals surface area contributed by atoms with Crippen LogP contribution < -0.4 is 21.7 Å². The smallest absolute Gasteiger partial charge is 0.321 e. The van der Waals surface area contributed by atoms with Crippen LogP contribution in [-0.2, 0) is 4.79 Å². The minimum absolute atomic E-state index is 0.133. The molecule has 0 aliphatic rings. The molecule has 0 fully saturated rings. The summed E-state index contributed by atoms with van der Waals surface area (Å²) in [6, 6.07) is 6.05. The summed E-state index contributed by atoms with van der Waals surface area (Å²) in [5.41, 5.74) is 5.97. The standard InChI is InChI=1S/C14H20N4O3/c1-2-3-8-16-14(21)18-12(19)9-17-11-7-5-4-6-10(11)13(15)20/h4-7,17H,2-3,8-9H2,1H3,(H2,15,20)(H2,16,18,19,21). The first-order valence-electron chi connectivity index (χ1n) is 6.75. The summed E-state index contributed by atoms with van der Waals surface area (Å²) in [6.07, 6.45) is 1.81. The van der Waals surface area contributed by atoms with E-state index in [-0.39, 0.29) is 12.1 Å². The van der Waals surface area contributed by atoms with Crippen LogP contribution in [0, 0.1) is 0 Å². The number of benzene rings is 1. The van der Waals surface area contributed by atoms with Crippen molar-refractivity contribution in [3.8, 4) is 0 Å². The van der Waals surface area contributed by atoms with Crippen molar-refractivity contribution in [3.63, 3.8) is 0 Å². The van der Waals surface area contributed by atoms with E-state index in [4.69, 9.17) is 5.73 Å². The van der Waals surface area contributed by atoms with Crippen LogP contribution in [0.5, 0.6) is 0 Å². The van der Waals surface area contributed by atoms with E-state index in [2.05, 4.69) is 16.0 Å². The van der Waals surface area contributed by atoms with Crippen LogP contribution in [-0.4, -0.2) is 30.9 Å². The molecule has 0 heterocycles. The van der Waals surface area contributed by atoms with Crippen LogP contribution in [0.15, 0.2) is 24.3 Å². The predicted octanol–water partition coefficient (Wildman–Crippen LogP) is 0.823. The number of hydrogen-bond donors (Lipinski definition) is 4. The summed E-state index contributed by atoms with van der Waals surface area (Å²) in [5, 5.41) is 7.53. The second-order valence-corrected chi connectivity index (χ2v) is 4.42. The van der Waals surface area contributed by atoms with E-state index in [0.29, 0.717) is 12.2 Å². The molecule has 21 heavy (non-hydrogen) atoms. The highest BCUT2D eigenvalue weighted by Gasteiger charge is 2.10. The SMILES string of the molecule is CCCCNC(=O)NC(=O)CNc1ccccc1C(N)=O. The molecule has 0 bridgehead atoms. The lowest BCUT2D eigenvalue weighted by Crippen LogP contribution is -2.42. The quantitative estimate of drug-likeness (QED) is 0.557. The average molecular weight is 292 g/mol. The molecule has 114 valence electrons. The number of urea groups is 1. The molecule has 0 saturated heterocycles. The van der Waals surface area contributed by atoms with Crippen molar-refractivity contribution in [2.45, 2.75) is 19.8 Å².